The molecule has 0 aromatic carbocycles. The molecule has 5 heteroatoms. The van der Waals surface area contributed by atoms with Gasteiger partial charge in [0.1, 0.15) is 0 Å². The Bertz CT molecular complexity index is 318. The molecule has 3 atom stereocenters. The smallest absolute Gasteiger partial charge is 0.231 e. The molecule has 4 N–H and O–H groups in total. The van der Waals surface area contributed by atoms with Crippen LogP contribution in [0, 0.1) is 11.8 Å². The lowest BCUT2D eigenvalue weighted by Crippen LogP contribution is -2.45. The van der Waals surface area contributed by atoms with Crippen molar-refractivity contribution in [3.63, 3.8) is 0 Å². The zero-order valence-electron chi connectivity index (χ0n) is 12.1. The van der Waals surface area contributed by atoms with Gasteiger partial charge in [0.05, 0.1) is 5.92 Å². The highest BCUT2D eigenvalue weighted by molar-refractivity contribution is 6.02. The summed E-state index contributed by atoms with van der Waals surface area (Å²) in [4.78, 5) is 12.2. The first-order chi connectivity index (χ1) is 9.12. The van der Waals surface area contributed by atoms with Crippen LogP contribution in [0.25, 0.3) is 0 Å². The van der Waals surface area contributed by atoms with Crippen LogP contribution >= 0.6 is 0 Å². The molecular weight excluding hydrogens is 242 g/mol. The highest BCUT2D eigenvalue weighted by Crippen LogP contribution is 2.26. The fraction of sp³-hybridized carbons (Fsp3) is 0.857. The average molecular weight is 269 g/mol. The van der Waals surface area contributed by atoms with Crippen molar-refractivity contribution in [2.45, 2.75) is 64.8 Å². The van der Waals surface area contributed by atoms with E-state index in [9.17, 15) is 4.79 Å². The number of amidine groups is 1. The van der Waals surface area contributed by atoms with Gasteiger partial charge in [-0.3, -0.25) is 4.79 Å². The lowest BCUT2D eigenvalue weighted by Gasteiger charge is -2.30. The number of oxime groups is 1. The van der Waals surface area contributed by atoms with E-state index in [0.717, 1.165) is 19.3 Å². The van der Waals surface area contributed by atoms with Gasteiger partial charge in [-0.1, -0.05) is 44.7 Å². The Morgan fingerprint density at radius 2 is 2.21 bits per heavy atom. The molecule has 19 heavy (non-hydrogen) atoms. The first kappa shape index (κ1) is 15.8. The van der Waals surface area contributed by atoms with Crippen molar-refractivity contribution in [2.24, 2.45) is 22.7 Å². The second-order valence-electron chi connectivity index (χ2n) is 5.51. The summed E-state index contributed by atoms with van der Waals surface area (Å²) in [6, 6.07) is 0.247. The average Bonchev–Trinajstić information content (AvgIpc) is 2.44. The van der Waals surface area contributed by atoms with E-state index < -0.39 is 5.92 Å². The van der Waals surface area contributed by atoms with E-state index in [0.29, 0.717) is 12.3 Å². The summed E-state index contributed by atoms with van der Waals surface area (Å²) in [6.45, 7) is 4.18. The second kappa shape index (κ2) is 8.02. The number of carbonyl (C=O) groups is 1. The maximum absolute atomic E-state index is 12.2. The fourth-order valence-electron chi connectivity index (χ4n) is 2.87. The zero-order chi connectivity index (χ0) is 14.3. The van der Waals surface area contributed by atoms with E-state index in [4.69, 9.17) is 10.9 Å². The van der Waals surface area contributed by atoms with Crippen molar-refractivity contribution in [3.05, 3.63) is 0 Å². The van der Waals surface area contributed by atoms with Crippen LogP contribution in [-0.2, 0) is 4.79 Å². The molecule has 1 rings (SSSR count). The summed E-state index contributed by atoms with van der Waals surface area (Å²) in [6.07, 6.45) is 7.15. The minimum absolute atomic E-state index is 0.0159. The molecule has 0 heterocycles. The summed E-state index contributed by atoms with van der Waals surface area (Å²) in [7, 11) is 0. The van der Waals surface area contributed by atoms with Crippen molar-refractivity contribution in [1.82, 2.24) is 5.32 Å². The van der Waals surface area contributed by atoms with Crippen molar-refractivity contribution in [1.29, 1.82) is 0 Å². The summed E-state index contributed by atoms with van der Waals surface area (Å²) in [5, 5.41) is 14.8. The fourth-order valence-corrected chi connectivity index (χ4v) is 2.87. The molecule has 1 fully saturated rings. The second-order valence-corrected chi connectivity index (χ2v) is 5.51. The predicted molar refractivity (Wildman–Crippen MR) is 76.0 cm³/mol. The van der Waals surface area contributed by atoms with Crippen LogP contribution in [0.2, 0.25) is 0 Å². The molecule has 1 amide bonds. The van der Waals surface area contributed by atoms with E-state index >= 15 is 0 Å². The Morgan fingerprint density at radius 1 is 1.47 bits per heavy atom. The van der Waals surface area contributed by atoms with Crippen molar-refractivity contribution in [3.8, 4) is 0 Å². The molecule has 0 bridgehead atoms. The number of nitrogens with two attached hydrogens (primary N) is 1. The monoisotopic (exact) mass is 269 g/mol. The number of amides is 1. The van der Waals surface area contributed by atoms with Gasteiger partial charge in [-0.2, -0.15) is 0 Å². The number of carbonyl (C=O) groups excluding carboxylic acids is 1. The van der Waals surface area contributed by atoms with Gasteiger partial charge in [0, 0.05) is 6.04 Å². The molecule has 0 aromatic heterocycles. The molecule has 1 saturated carbocycles. The maximum atomic E-state index is 12.2. The third-order valence-electron chi connectivity index (χ3n) is 4.07. The highest BCUT2D eigenvalue weighted by atomic mass is 16.4. The maximum Gasteiger partial charge on any atom is 0.231 e. The van der Waals surface area contributed by atoms with Gasteiger partial charge in [0.25, 0.3) is 0 Å². The van der Waals surface area contributed by atoms with Gasteiger partial charge >= 0.3 is 0 Å². The number of nitrogens with zero attached hydrogens (tertiary/aromatic N) is 1. The highest BCUT2D eigenvalue weighted by Gasteiger charge is 2.27. The van der Waals surface area contributed by atoms with Gasteiger partial charge < -0.3 is 16.3 Å². The zero-order valence-corrected chi connectivity index (χ0v) is 12.1. The van der Waals surface area contributed by atoms with Crippen LogP contribution in [0.1, 0.15) is 58.8 Å². The van der Waals surface area contributed by atoms with Crippen molar-refractivity contribution in [2.75, 3.05) is 0 Å². The number of hydrogen-bond acceptors (Lipinski definition) is 3. The van der Waals surface area contributed by atoms with E-state index in [2.05, 4.69) is 17.4 Å². The van der Waals surface area contributed by atoms with E-state index in [-0.39, 0.29) is 17.8 Å². The molecule has 5 nitrogen and oxygen atoms in total. The third kappa shape index (κ3) is 4.73. The van der Waals surface area contributed by atoms with Gasteiger partial charge in [-0.05, 0) is 25.2 Å². The molecule has 1 aliphatic rings. The normalized spacial score (nSPS) is 25.9. The topological polar surface area (TPSA) is 87.7 Å². The van der Waals surface area contributed by atoms with Crippen molar-refractivity contribution >= 4 is 11.7 Å². The Morgan fingerprint density at radius 3 is 2.79 bits per heavy atom. The minimum Gasteiger partial charge on any atom is -0.409 e. The van der Waals surface area contributed by atoms with E-state index in [1.165, 1.54) is 19.3 Å². The van der Waals surface area contributed by atoms with E-state index in [1.807, 2.05) is 6.92 Å². The standard InChI is InChI=1S/C14H27N3O2/c1-3-6-12(13(15)17-19)14(18)16-11-8-5-7-10(4-2)9-11/h10-12,19H,3-9H2,1-2H3,(H2,15,17)(H,16,18). The summed E-state index contributed by atoms with van der Waals surface area (Å²) < 4.78 is 0. The molecule has 110 valence electrons. The number of nitrogens with one attached hydrogen (secondary N) is 1. The van der Waals surface area contributed by atoms with Crippen LogP contribution in [0.15, 0.2) is 5.16 Å². The van der Waals surface area contributed by atoms with Crippen LogP contribution in [0.5, 0.6) is 0 Å². The molecule has 3 unspecified atom stereocenters. The number of hydrogen-bond donors (Lipinski definition) is 3. The molecule has 0 aromatic rings. The molecule has 0 radical (unpaired) electrons. The first-order valence-electron chi connectivity index (χ1n) is 7.40. The molecule has 0 spiro atoms. The van der Waals surface area contributed by atoms with Crippen LogP contribution in [0.3, 0.4) is 0 Å². The minimum atomic E-state index is -0.503. The Hall–Kier alpha value is -1.26. The quantitative estimate of drug-likeness (QED) is 0.299. The van der Waals surface area contributed by atoms with Crippen LogP contribution in [-0.4, -0.2) is 23.0 Å². The SMILES string of the molecule is CCCC(C(=O)NC1CCCC(CC)C1)C(N)=NO. The summed E-state index contributed by atoms with van der Waals surface area (Å²) >= 11 is 0. The summed E-state index contributed by atoms with van der Waals surface area (Å²) in [5.74, 6) is 0.130. The van der Waals surface area contributed by atoms with Gasteiger partial charge in [-0.15, -0.1) is 0 Å². The third-order valence-corrected chi connectivity index (χ3v) is 4.07. The van der Waals surface area contributed by atoms with Gasteiger partial charge in [-0.25, -0.2) is 0 Å². The molecule has 1 aliphatic carbocycles. The van der Waals surface area contributed by atoms with Gasteiger partial charge in [0.15, 0.2) is 5.84 Å². The van der Waals surface area contributed by atoms with Crippen LogP contribution in [0.4, 0.5) is 0 Å². The summed E-state index contributed by atoms with van der Waals surface area (Å²) in [5.41, 5.74) is 5.60. The lowest BCUT2D eigenvalue weighted by molar-refractivity contribution is -0.124. The predicted octanol–water partition coefficient (Wildman–Crippen LogP) is 2.23. The largest absolute Gasteiger partial charge is 0.409 e. The van der Waals surface area contributed by atoms with Crippen LogP contribution < -0.4 is 11.1 Å². The van der Waals surface area contributed by atoms with Gasteiger partial charge in [0.2, 0.25) is 5.91 Å². The molecule has 0 aliphatic heterocycles. The molecular formula is C14H27N3O2. The number of rotatable bonds is 6. The Kier molecular flexibility index (Phi) is 6.67. The first-order valence-corrected chi connectivity index (χ1v) is 7.40. The molecule has 0 saturated heterocycles. The van der Waals surface area contributed by atoms with E-state index in [1.54, 1.807) is 0 Å². The lowest BCUT2D eigenvalue weighted by atomic mass is 9.84. The Balaban J connectivity index is 2.56. The van der Waals surface area contributed by atoms with Crippen molar-refractivity contribution < 1.29 is 10.0 Å². The Labute approximate surface area is 115 Å².